The quantitative estimate of drug-likeness (QED) is 0.928. The summed E-state index contributed by atoms with van der Waals surface area (Å²) in [6.07, 6.45) is 5.57. The molecule has 122 valence electrons. The highest BCUT2D eigenvalue weighted by Crippen LogP contribution is 2.32. The normalized spacial score (nSPS) is 30.5. The highest BCUT2D eigenvalue weighted by Gasteiger charge is 2.35. The molecule has 5 heteroatoms. The van der Waals surface area contributed by atoms with Crippen molar-refractivity contribution in [2.75, 3.05) is 32.7 Å². The van der Waals surface area contributed by atoms with Crippen LogP contribution in [0, 0.1) is 5.92 Å². The van der Waals surface area contributed by atoms with Crippen LogP contribution in [-0.4, -0.2) is 59.1 Å². The van der Waals surface area contributed by atoms with Gasteiger partial charge in [0.25, 0.3) is 5.91 Å². The summed E-state index contributed by atoms with van der Waals surface area (Å²) in [4.78, 5) is 16.4. The van der Waals surface area contributed by atoms with E-state index in [1.807, 2.05) is 4.90 Å². The maximum Gasteiger partial charge on any atom is 0.289 e. The van der Waals surface area contributed by atoms with E-state index in [4.69, 9.17) is 4.42 Å². The molecule has 1 saturated carbocycles. The van der Waals surface area contributed by atoms with Gasteiger partial charge in [-0.1, -0.05) is 6.92 Å². The molecule has 0 atom stereocenters. The fourth-order valence-corrected chi connectivity index (χ4v) is 3.54. The molecular formula is C17H26N2O3. The molecule has 1 N–H and O–H groups in total. The van der Waals surface area contributed by atoms with Crippen LogP contribution in [0.2, 0.25) is 0 Å². The van der Waals surface area contributed by atoms with Gasteiger partial charge in [-0.25, -0.2) is 0 Å². The lowest BCUT2D eigenvalue weighted by Crippen LogP contribution is -2.53. The Bertz CT molecular complexity index is 484. The predicted octanol–water partition coefficient (Wildman–Crippen LogP) is 1.98. The third kappa shape index (κ3) is 3.52. The summed E-state index contributed by atoms with van der Waals surface area (Å²) < 4.78 is 5.18. The van der Waals surface area contributed by atoms with Gasteiger partial charge >= 0.3 is 0 Å². The van der Waals surface area contributed by atoms with Crippen LogP contribution in [0.25, 0.3) is 0 Å². The van der Waals surface area contributed by atoms with Gasteiger partial charge in [0.2, 0.25) is 0 Å². The number of piperazine rings is 1. The lowest BCUT2D eigenvalue weighted by molar-refractivity contribution is -0.0419. The molecule has 2 fully saturated rings. The van der Waals surface area contributed by atoms with Gasteiger partial charge in [0, 0.05) is 32.7 Å². The molecular weight excluding hydrogens is 280 g/mol. The molecule has 3 rings (SSSR count). The van der Waals surface area contributed by atoms with Gasteiger partial charge in [0.15, 0.2) is 5.76 Å². The van der Waals surface area contributed by atoms with Crippen LogP contribution in [0.3, 0.4) is 0 Å². The van der Waals surface area contributed by atoms with Crippen LogP contribution in [-0.2, 0) is 0 Å². The second-order valence-corrected chi connectivity index (χ2v) is 6.95. The molecule has 2 heterocycles. The largest absolute Gasteiger partial charge is 0.459 e. The summed E-state index contributed by atoms with van der Waals surface area (Å²) in [5, 5.41) is 10.7. The van der Waals surface area contributed by atoms with E-state index in [9.17, 15) is 9.90 Å². The number of carbonyl (C=O) groups excluding carboxylic acids is 1. The fraction of sp³-hybridized carbons (Fsp3) is 0.706. The van der Waals surface area contributed by atoms with Gasteiger partial charge in [-0.3, -0.25) is 9.69 Å². The minimum absolute atomic E-state index is 0.0325. The maximum absolute atomic E-state index is 12.2. The zero-order valence-corrected chi connectivity index (χ0v) is 13.3. The van der Waals surface area contributed by atoms with Crippen LogP contribution in [0.1, 0.15) is 43.2 Å². The highest BCUT2D eigenvalue weighted by molar-refractivity contribution is 5.91. The first kappa shape index (κ1) is 15.6. The number of furan rings is 1. The summed E-state index contributed by atoms with van der Waals surface area (Å²) in [6, 6.07) is 3.45. The monoisotopic (exact) mass is 306 g/mol. The van der Waals surface area contributed by atoms with Crippen LogP contribution >= 0.6 is 0 Å². The molecule has 1 aromatic heterocycles. The average Bonchev–Trinajstić information content (AvgIpc) is 3.05. The molecule has 1 aliphatic heterocycles. The minimum Gasteiger partial charge on any atom is -0.459 e. The van der Waals surface area contributed by atoms with E-state index >= 15 is 0 Å². The second-order valence-electron chi connectivity index (χ2n) is 6.95. The molecule has 0 bridgehead atoms. The van der Waals surface area contributed by atoms with Gasteiger partial charge in [0.1, 0.15) is 0 Å². The number of rotatable bonds is 3. The number of aliphatic hydroxyl groups is 1. The van der Waals surface area contributed by atoms with Gasteiger partial charge in [0.05, 0.1) is 11.9 Å². The fourth-order valence-electron chi connectivity index (χ4n) is 3.54. The van der Waals surface area contributed by atoms with E-state index in [1.54, 1.807) is 12.1 Å². The van der Waals surface area contributed by atoms with E-state index in [-0.39, 0.29) is 5.91 Å². The molecule has 0 aromatic carbocycles. The van der Waals surface area contributed by atoms with Crippen molar-refractivity contribution >= 4 is 5.91 Å². The summed E-state index contributed by atoms with van der Waals surface area (Å²) in [5.41, 5.74) is -0.528. The Hall–Kier alpha value is -1.33. The first-order valence-corrected chi connectivity index (χ1v) is 8.33. The van der Waals surface area contributed by atoms with Crippen molar-refractivity contribution in [2.45, 2.75) is 38.2 Å². The summed E-state index contributed by atoms with van der Waals surface area (Å²) in [7, 11) is 0. The zero-order valence-electron chi connectivity index (χ0n) is 13.3. The Morgan fingerprint density at radius 1 is 1.32 bits per heavy atom. The highest BCUT2D eigenvalue weighted by atomic mass is 16.3. The SMILES string of the molecule is CC1CCC(O)(CN2CCN(C(=O)c3ccco3)CC2)CC1. The van der Waals surface area contributed by atoms with E-state index in [0.717, 1.165) is 51.2 Å². The number of hydrogen-bond donors (Lipinski definition) is 1. The smallest absolute Gasteiger partial charge is 0.289 e. The molecule has 0 radical (unpaired) electrons. The number of carbonyl (C=O) groups is 1. The topological polar surface area (TPSA) is 56.9 Å². The van der Waals surface area contributed by atoms with Crippen molar-refractivity contribution in [2.24, 2.45) is 5.92 Å². The molecule has 1 aromatic rings. The first-order valence-electron chi connectivity index (χ1n) is 8.33. The first-order chi connectivity index (χ1) is 10.6. The van der Waals surface area contributed by atoms with Crippen molar-refractivity contribution in [3.05, 3.63) is 24.2 Å². The van der Waals surface area contributed by atoms with E-state index in [2.05, 4.69) is 11.8 Å². The Labute approximate surface area is 131 Å². The Kier molecular flexibility index (Phi) is 4.54. The summed E-state index contributed by atoms with van der Waals surface area (Å²) in [6.45, 7) is 6.05. The Balaban J connectivity index is 1.49. The van der Waals surface area contributed by atoms with Crippen molar-refractivity contribution in [3.8, 4) is 0 Å². The van der Waals surface area contributed by atoms with Crippen LogP contribution in [0.5, 0.6) is 0 Å². The van der Waals surface area contributed by atoms with Crippen LogP contribution in [0.4, 0.5) is 0 Å². The van der Waals surface area contributed by atoms with Gasteiger partial charge in [-0.2, -0.15) is 0 Å². The standard InChI is InChI=1S/C17H26N2O3/c1-14-4-6-17(21,7-5-14)13-18-8-10-19(11-9-18)16(20)15-3-2-12-22-15/h2-3,12,14,21H,4-11,13H2,1H3. The lowest BCUT2D eigenvalue weighted by atomic mass is 9.79. The number of amides is 1. The van der Waals surface area contributed by atoms with E-state index in [1.165, 1.54) is 6.26 Å². The van der Waals surface area contributed by atoms with Crippen molar-refractivity contribution in [1.29, 1.82) is 0 Å². The third-order valence-corrected chi connectivity index (χ3v) is 5.11. The summed E-state index contributed by atoms with van der Waals surface area (Å²) >= 11 is 0. The van der Waals surface area contributed by atoms with Crippen LogP contribution in [0.15, 0.2) is 22.8 Å². The van der Waals surface area contributed by atoms with Crippen molar-refractivity contribution < 1.29 is 14.3 Å². The van der Waals surface area contributed by atoms with Gasteiger partial charge in [-0.05, 0) is 43.7 Å². The number of β-amino-alcohol motifs (C(OH)–C–C–N with tert-alkyl or cyclic N) is 1. The second kappa shape index (κ2) is 6.42. The number of hydrogen-bond acceptors (Lipinski definition) is 4. The third-order valence-electron chi connectivity index (χ3n) is 5.11. The molecule has 1 saturated heterocycles. The molecule has 0 spiro atoms. The molecule has 2 aliphatic rings. The summed E-state index contributed by atoms with van der Waals surface area (Å²) in [5.74, 6) is 1.12. The lowest BCUT2D eigenvalue weighted by Gasteiger charge is -2.41. The molecule has 0 unspecified atom stereocenters. The molecule has 1 amide bonds. The van der Waals surface area contributed by atoms with Crippen molar-refractivity contribution in [1.82, 2.24) is 9.80 Å². The van der Waals surface area contributed by atoms with E-state index in [0.29, 0.717) is 18.8 Å². The Morgan fingerprint density at radius 2 is 2.00 bits per heavy atom. The van der Waals surface area contributed by atoms with Gasteiger partial charge < -0.3 is 14.4 Å². The Morgan fingerprint density at radius 3 is 2.59 bits per heavy atom. The maximum atomic E-state index is 12.2. The van der Waals surface area contributed by atoms with Crippen LogP contribution < -0.4 is 0 Å². The number of nitrogens with zero attached hydrogens (tertiary/aromatic N) is 2. The molecule has 1 aliphatic carbocycles. The average molecular weight is 306 g/mol. The molecule has 22 heavy (non-hydrogen) atoms. The minimum atomic E-state index is -0.528. The van der Waals surface area contributed by atoms with Crippen molar-refractivity contribution in [3.63, 3.8) is 0 Å². The molecule has 5 nitrogen and oxygen atoms in total. The predicted molar refractivity (Wildman–Crippen MR) is 83.6 cm³/mol. The van der Waals surface area contributed by atoms with E-state index < -0.39 is 5.60 Å². The van der Waals surface area contributed by atoms with Gasteiger partial charge in [-0.15, -0.1) is 0 Å². The zero-order chi connectivity index (χ0) is 15.6.